The van der Waals surface area contributed by atoms with Gasteiger partial charge in [0.1, 0.15) is 0 Å². The van der Waals surface area contributed by atoms with E-state index >= 15 is 0 Å². The first kappa shape index (κ1) is 15.6. The van der Waals surface area contributed by atoms with Crippen molar-refractivity contribution in [1.82, 2.24) is 4.90 Å². The van der Waals surface area contributed by atoms with Gasteiger partial charge in [-0.2, -0.15) is 0 Å². The topological polar surface area (TPSA) is 40.5 Å². The van der Waals surface area contributed by atoms with Crippen LogP contribution in [-0.2, 0) is 6.54 Å². The third-order valence-corrected chi connectivity index (χ3v) is 4.13. The summed E-state index contributed by atoms with van der Waals surface area (Å²) in [7, 11) is 2.08. The standard InChI is InChI=1S/C17H19NO2S/c1-18(11-12-21-16-5-3-2-4-6-16)13-14-7-9-15(10-8-14)17(19)20/h2-10H,11-13H2,1H3,(H,19,20). The van der Waals surface area contributed by atoms with Crippen LogP contribution in [0, 0.1) is 0 Å². The van der Waals surface area contributed by atoms with Crippen molar-refractivity contribution in [3.63, 3.8) is 0 Å². The fourth-order valence-electron chi connectivity index (χ4n) is 1.98. The molecule has 0 aliphatic carbocycles. The molecule has 0 aliphatic rings. The third kappa shape index (κ3) is 5.25. The van der Waals surface area contributed by atoms with Crippen LogP contribution in [0.2, 0.25) is 0 Å². The molecule has 2 aromatic rings. The number of thioether (sulfide) groups is 1. The van der Waals surface area contributed by atoms with Crippen LogP contribution in [0.3, 0.4) is 0 Å². The molecule has 2 aromatic carbocycles. The molecule has 0 saturated heterocycles. The van der Waals surface area contributed by atoms with Gasteiger partial charge in [0.2, 0.25) is 0 Å². The van der Waals surface area contributed by atoms with Crippen LogP contribution in [0.1, 0.15) is 15.9 Å². The summed E-state index contributed by atoms with van der Waals surface area (Å²) in [5, 5.41) is 8.87. The highest BCUT2D eigenvalue weighted by Gasteiger charge is 2.04. The van der Waals surface area contributed by atoms with Gasteiger partial charge in [0.05, 0.1) is 5.56 Å². The molecule has 2 rings (SSSR count). The average molecular weight is 301 g/mol. The Labute approximate surface area is 129 Å². The zero-order valence-corrected chi connectivity index (χ0v) is 12.8. The van der Waals surface area contributed by atoms with Gasteiger partial charge in [-0.05, 0) is 36.9 Å². The molecule has 3 nitrogen and oxygen atoms in total. The normalized spacial score (nSPS) is 10.8. The minimum Gasteiger partial charge on any atom is -0.478 e. The molecule has 0 radical (unpaired) electrons. The van der Waals surface area contributed by atoms with Crippen molar-refractivity contribution in [2.45, 2.75) is 11.4 Å². The zero-order valence-electron chi connectivity index (χ0n) is 12.0. The molecule has 0 unspecified atom stereocenters. The summed E-state index contributed by atoms with van der Waals surface area (Å²) >= 11 is 1.85. The number of nitrogens with zero attached hydrogens (tertiary/aromatic N) is 1. The molecule has 0 fully saturated rings. The van der Waals surface area contributed by atoms with Gasteiger partial charge in [-0.25, -0.2) is 4.79 Å². The van der Waals surface area contributed by atoms with Gasteiger partial charge in [0, 0.05) is 23.7 Å². The van der Waals surface area contributed by atoms with E-state index in [4.69, 9.17) is 5.11 Å². The minimum absolute atomic E-state index is 0.334. The number of benzene rings is 2. The first-order valence-corrected chi connectivity index (χ1v) is 7.82. The monoisotopic (exact) mass is 301 g/mol. The largest absolute Gasteiger partial charge is 0.478 e. The van der Waals surface area contributed by atoms with E-state index in [0.717, 1.165) is 24.4 Å². The van der Waals surface area contributed by atoms with Crippen LogP contribution < -0.4 is 0 Å². The van der Waals surface area contributed by atoms with E-state index < -0.39 is 5.97 Å². The van der Waals surface area contributed by atoms with Gasteiger partial charge < -0.3 is 10.0 Å². The summed E-state index contributed by atoms with van der Waals surface area (Å²) in [6.45, 7) is 1.81. The molecule has 1 N–H and O–H groups in total. The summed E-state index contributed by atoms with van der Waals surface area (Å²) in [5.41, 5.74) is 1.47. The molecule has 0 heterocycles. The van der Waals surface area contributed by atoms with Gasteiger partial charge in [0.15, 0.2) is 0 Å². The maximum Gasteiger partial charge on any atom is 0.335 e. The highest BCUT2D eigenvalue weighted by Crippen LogP contribution is 2.17. The number of hydrogen-bond acceptors (Lipinski definition) is 3. The molecule has 0 aromatic heterocycles. The van der Waals surface area contributed by atoms with Crippen LogP contribution in [0.15, 0.2) is 59.5 Å². The van der Waals surface area contributed by atoms with Crippen molar-refractivity contribution >= 4 is 17.7 Å². The maximum atomic E-state index is 10.8. The summed E-state index contributed by atoms with van der Waals surface area (Å²) < 4.78 is 0. The van der Waals surface area contributed by atoms with E-state index in [1.54, 1.807) is 12.1 Å². The first-order chi connectivity index (χ1) is 10.1. The summed E-state index contributed by atoms with van der Waals surface area (Å²) in [4.78, 5) is 14.3. The van der Waals surface area contributed by atoms with Gasteiger partial charge in [0.25, 0.3) is 0 Å². The Kier molecular flexibility index (Phi) is 5.84. The SMILES string of the molecule is CN(CCSc1ccccc1)Cc1ccc(C(=O)O)cc1. The van der Waals surface area contributed by atoms with Crippen LogP contribution in [0.25, 0.3) is 0 Å². The second-order valence-electron chi connectivity index (χ2n) is 4.90. The Morgan fingerprint density at radius 3 is 2.38 bits per heavy atom. The molecule has 0 aliphatic heterocycles. The molecule has 0 atom stereocenters. The molecule has 21 heavy (non-hydrogen) atoms. The lowest BCUT2D eigenvalue weighted by molar-refractivity contribution is 0.0697. The lowest BCUT2D eigenvalue weighted by atomic mass is 10.1. The molecule has 110 valence electrons. The number of hydrogen-bond donors (Lipinski definition) is 1. The second kappa shape index (κ2) is 7.86. The Morgan fingerprint density at radius 2 is 1.76 bits per heavy atom. The van der Waals surface area contributed by atoms with Crippen molar-refractivity contribution < 1.29 is 9.90 Å². The summed E-state index contributed by atoms with van der Waals surface area (Å²) in [5.74, 6) is 0.155. The summed E-state index contributed by atoms with van der Waals surface area (Å²) in [6, 6.07) is 17.4. The van der Waals surface area contributed by atoms with Crippen molar-refractivity contribution in [2.75, 3.05) is 19.3 Å². The smallest absolute Gasteiger partial charge is 0.335 e. The number of carbonyl (C=O) groups is 1. The molecule has 0 spiro atoms. The Balaban J connectivity index is 1.76. The van der Waals surface area contributed by atoms with Gasteiger partial charge in [-0.1, -0.05) is 30.3 Å². The highest BCUT2D eigenvalue weighted by atomic mass is 32.2. The predicted molar refractivity (Wildman–Crippen MR) is 86.9 cm³/mol. The predicted octanol–water partition coefficient (Wildman–Crippen LogP) is 3.61. The maximum absolute atomic E-state index is 10.8. The molecule has 0 saturated carbocycles. The van der Waals surface area contributed by atoms with E-state index in [1.807, 2.05) is 30.0 Å². The molecular weight excluding hydrogens is 282 g/mol. The van der Waals surface area contributed by atoms with Crippen LogP contribution in [0.4, 0.5) is 0 Å². The first-order valence-electron chi connectivity index (χ1n) is 6.84. The fourth-order valence-corrected chi connectivity index (χ4v) is 2.97. The third-order valence-electron chi connectivity index (χ3n) is 3.14. The van der Waals surface area contributed by atoms with E-state index in [-0.39, 0.29) is 0 Å². The van der Waals surface area contributed by atoms with Gasteiger partial charge in [-0.15, -0.1) is 11.8 Å². The molecule has 4 heteroatoms. The van der Waals surface area contributed by atoms with Gasteiger partial charge in [-0.3, -0.25) is 0 Å². The van der Waals surface area contributed by atoms with E-state index in [2.05, 4.69) is 36.2 Å². The van der Waals surface area contributed by atoms with Crippen molar-refractivity contribution in [1.29, 1.82) is 0 Å². The van der Waals surface area contributed by atoms with Crippen molar-refractivity contribution in [2.24, 2.45) is 0 Å². The fraction of sp³-hybridized carbons (Fsp3) is 0.235. The highest BCUT2D eigenvalue weighted by molar-refractivity contribution is 7.99. The van der Waals surface area contributed by atoms with Crippen LogP contribution >= 0.6 is 11.8 Å². The van der Waals surface area contributed by atoms with Gasteiger partial charge >= 0.3 is 5.97 Å². The molecule has 0 bridgehead atoms. The van der Waals surface area contributed by atoms with E-state index in [0.29, 0.717) is 5.56 Å². The minimum atomic E-state index is -0.880. The number of carboxylic acids is 1. The molecular formula is C17H19NO2S. The van der Waals surface area contributed by atoms with Crippen molar-refractivity contribution in [3.05, 3.63) is 65.7 Å². The Hall–Kier alpha value is -1.78. The lowest BCUT2D eigenvalue weighted by Gasteiger charge is -2.16. The number of carboxylic acid groups (broad SMARTS) is 1. The quantitative estimate of drug-likeness (QED) is 0.793. The number of aromatic carboxylic acids is 1. The Bertz CT molecular complexity index is 569. The second-order valence-corrected chi connectivity index (χ2v) is 6.07. The number of rotatable bonds is 7. The average Bonchev–Trinajstić information content (AvgIpc) is 2.49. The molecule has 0 amide bonds. The zero-order chi connectivity index (χ0) is 15.1. The summed E-state index contributed by atoms with van der Waals surface area (Å²) in [6.07, 6.45) is 0. The van der Waals surface area contributed by atoms with E-state index in [1.165, 1.54) is 4.90 Å². The van der Waals surface area contributed by atoms with Crippen LogP contribution in [-0.4, -0.2) is 35.3 Å². The van der Waals surface area contributed by atoms with E-state index in [9.17, 15) is 4.79 Å². The van der Waals surface area contributed by atoms with Crippen LogP contribution in [0.5, 0.6) is 0 Å². The lowest BCUT2D eigenvalue weighted by Crippen LogP contribution is -2.20. The Morgan fingerprint density at radius 1 is 1.10 bits per heavy atom. The van der Waals surface area contributed by atoms with Crippen molar-refractivity contribution in [3.8, 4) is 0 Å².